The number of phenols is 1. The molecule has 0 aromatic heterocycles. The monoisotopic (exact) mass is 281 g/mol. The molecule has 7 heteroatoms. The predicted molar refractivity (Wildman–Crippen MR) is 75.2 cm³/mol. The van der Waals surface area contributed by atoms with E-state index in [4.69, 9.17) is 5.11 Å². The van der Waals surface area contributed by atoms with Gasteiger partial charge in [-0.2, -0.15) is 0 Å². The smallest absolute Gasteiger partial charge is 0.335 e. The molecule has 0 saturated heterocycles. The van der Waals surface area contributed by atoms with Gasteiger partial charge >= 0.3 is 12.0 Å². The molecule has 0 aliphatic rings. The maximum absolute atomic E-state index is 11.5. The largest absolute Gasteiger partial charge is 0.506 e. The molecule has 1 aromatic rings. The van der Waals surface area contributed by atoms with Gasteiger partial charge in [0.15, 0.2) is 0 Å². The topological polar surface area (TPSA) is 111 Å². The third kappa shape index (κ3) is 5.15. The van der Waals surface area contributed by atoms with Crippen molar-refractivity contribution in [1.29, 1.82) is 0 Å². The summed E-state index contributed by atoms with van der Waals surface area (Å²) in [5, 5.41) is 26.6. The molecule has 0 unspecified atom stereocenters. The summed E-state index contributed by atoms with van der Waals surface area (Å²) in [5.74, 6) is -1.42. The molecule has 0 aliphatic heterocycles. The standard InChI is InChI=1S/C13H19N3O4/c1-2-14-6-3-7-15-13(20)16-10-5-4-9(12(18)19)8-11(10)17/h4-5,8,14,17H,2-3,6-7H2,1H3,(H,18,19)(H2,15,16,20). The number of phenolic OH excluding ortho intramolecular Hbond substituents is 1. The first-order valence-electron chi connectivity index (χ1n) is 6.36. The zero-order valence-corrected chi connectivity index (χ0v) is 11.3. The highest BCUT2D eigenvalue weighted by Crippen LogP contribution is 2.24. The molecule has 1 aromatic carbocycles. The van der Waals surface area contributed by atoms with Crippen molar-refractivity contribution >= 4 is 17.7 Å². The second-order valence-corrected chi connectivity index (χ2v) is 4.13. The number of nitrogens with one attached hydrogen (secondary N) is 3. The molecular weight excluding hydrogens is 262 g/mol. The SMILES string of the molecule is CCNCCCNC(=O)Nc1ccc(C(=O)O)cc1O. The summed E-state index contributed by atoms with van der Waals surface area (Å²) in [5.41, 5.74) is 0.123. The van der Waals surface area contributed by atoms with E-state index in [2.05, 4.69) is 16.0 Å². The van der Waals surface area contributed by atoms with Crippen LogP contribution in [0.25, 0.3) is 0 Å². The fraction of sp³-hybridized carbons (Fsp3) is 0.385. The number of carboxylic acids is 1. The summed E-state index contributed by atoms with van der Waals surface area (Å²) in [4.78, 5) is 22.2. The number of hydrogen-bond donors (Lipinski definition) is 5. The molecular formula is C13H19N3O4. The molecule has 0 saturated carbocycles. The van der Waals surface area contributed by atoms with Gasteiger partial charge in [0.25, 0.3) is 0 Å². The van der Waals surface area contributed by atoms with E-state index in [9.17, 15) is 14.7 Å². The predicted octanol–water partition coefficient (Wildman–Crippen LogP) is 1.21. The lowest BCUT2D eigenvalue weighted by Crippen LogP contribution is -2.31. The Morgan fingerprint density at radius 1 is 1.25 bits per heavy atom. The van der Waals surface area contributed by atoms with Crippen LogP contribution in [0.2, 0.25) is 0 Å². The first-order chi connectivity index (χ1) is 9.54. The summed E-state index contributed by atoms with van der Waals surface area (Å²) in [6.45, 7) is 4.21. The maximum atomic E-state index is 11.5. The summed E-state index contributed by atoms with van der Waals surface area (Å²) in [6.07, 6.45) is 0.797. The fourth-order valence-corrected chi connectivity index (χ4v) is 1.53. The van der Waals surface area contributed by atoms with Gasteiger partial charge < -0.3 is 26.2 Å². The average molecular weight is 281 g/mol. The minimum absolute atomic E-state index is 0.0425. The van der Waals surface area contributed by atoms with Crippen molar-refractivity contribution in [3.05, 3.63) is 23.8 Å². The normalized spacial score (nSPS) is 10.1. The van der Waals surface area contributed by atoms with Gasteiger partial charge in [-0.05, 0) is 37.7 Å². The van der Waals surface area contributed by atoms with E-state index >= 15 is 0 Å². The second kappa shape index (κ2) is 8.00. The van der Waals surface area contributed by atoms with Crippen molar-refractivity contribution in [1.82, 2.24) is 10.6 Å². The van der Waals surface area contributed by atoms with Crippen molar-refractivity contribution in [2.24, 2.45) is 0 Å². The molecule has 5 N–H and O–H groups in total. The van der Waals surface area contributed by atoms with Gasteiger partial charge in [0.1, 0.15) is 5.75 Å². The molecule has 0 fully saturated rings. The lowest BCUT2D eigenvalue weighted by molar-refractivity contribution is 0.0696. The van der Waals surface area contributed by atoms with Crippen molar-refractivity contribution < 1.29 is 19.8 Å². The van der Waals surface area contributed by atoms with Gasteiger partial charge in [0.2, 0.25) is 0 Å². The molecule has 0 bridgehead atoms. The van der Waals surface area contributed by atoms with Crippen LogP contribution in [0.4, 0.5) is 10.5 Å². The van der Waals surface area contributed by atoms with E-state index in [1.165, 1.54) is 12.1 Å². The minimum Gasteiger partial charge on any atom is -0.506 e. The van der Waals surface area contributed by atoms with Crippen LogP contribution in [-0.4, -0.2) is 41.8 Å². The van der Waals surface area contributed by atoms with Crippen LogP contribution in [-0.2, 0) is 0 Å². The number of carboxylic acid groups (broad SMARTS) is 1. The van der Waals surface area contributed by atoms with E-state index < -0.39 is 12.0 Å². The van der Waals surface area contributed by atoms with Crippen molar-refractivity contribution in [3.63, 3.8) is 0 Å². The second-order valence-electron chi connectivity index (χ2n) is 4.13. The number of anilines is 1. The molecule has 2 amide bonds. The van der Waals surface area contributed by atoms with Crippen LogP contribution in [0.3, 0.4) is 0 Å². The van der Waals surface area contributed by atoms with Crippen LogP contribution >= 0.6 is 0 Å². The molecule has 7 nitrogen and oxygen atoms in total. The Balaban J connectivity index is 2.44. The third-order valence-electron chi connectivity index (χ3n) is 2.56. The van der Waals surface area contributed by atoms with Crippen LogP contribution in [0.15, 0.2) is 18.2 Å². The van der Waals surface area contributed by atoms with Gasteiger partial charge in [-0.3, -0.25) is 0 Å². The van der Waals surface area contributed by atoms with E-state index in [1.54, 1.807) is 0 Å². The molecule has 0 aliphatic carbocycles. The first kappa shape index (κ1) is 15.8. The Labute approximate surface area is 117 Å². The number of carbonyl (C=O) groups is 2. The molecule has 0 radical (unpaired) electrons. The van der Waals surface area contributed by atoms with Crippen molar-refractivity contribution in [2.75, 3.05) is 25.0 Å². The molecule has 20 heavy (non-hydrogen) atoms. The van der Waals surface area contributed by atoms with Crippen LogP contribution in [0.1, 0.15) is 23.7 Å². The van der Waals surface area contributed by atoms with Crippen LogP contribution in [0.5, 0.6) is 5.75 Å². The van der Waals surface area contributed by atoms with Crippen molar-refractivity contribution in [2.45, 2.75) is 13.3 Å². The molecule has 0 spiro atoms. The first-order valence-corrected chi connectivity index (χ1v) is 6.36. The third-order valence-corrected chi connectivity index (χ3v) is 2.56. The minimum atomic E-state index is -1.14. The Kier molecular flexibility index (Phi) is 6.31. The van der Waals surface area contributed by atoms with E-state index in [-0.39, 0.29) is 17.0 Å². The van der Waals surface area contributed by atoms with Gasteiger partial charge in [-0.1, -0.05) is 6.92 Å². The highest BCUT2D eigenvalue weighted by molar-refractivity contribution is 5.93. The summed E-state index contributed by atoms with van der Waals surface area (Å²) >= 11 is 0. The number of aromatic carboxylic acids is 1. The lowest BCUT2D eigenvalue weighted by atomic mass is 10.2. The quantitative estimate of drug-likeness (QED) is 0.381. The molecule has 110 valence electrons. The summed E-state index contributed by atoms with van der Waals surface area (Å²) < 4.78 is 0. The highest BCUT2D eigenvalue weighted by atomic mass is 16.4. The number of aromatic hydroxyl groups is 1. The van der Waals surface area contributed by atoms with Crippen molar-refractivity contribution in [3.8, 4) is 5.75 Å². The maximum Gasteiger partial charge on any atom is 0.335 e. The van der Waals surface area contributed by atoms with Gasteiger partial charge in [-0.15, -0.1) is 0 Å². The van der Waals surface area contributed by atoms with E-state index in [1.807, 2.05) is 6.92 Å². The Bertz CT molecular complexity index is 477. The summed E-state index contributed by atoms with van der Waals surface area (Å²) in [6, 6.07) is 3.29. The Morgan fingerprint density at radius 2 is 2.00 bits per heavy atom. The van der Waals surface area contributed by atoms with Crippen LogP contribution < -0.4 is 16.0 Å². The zero-order chi connectivity index (χ0) is 15.0. The number of carbonyl (C=O) groups excluding carboxylic acids is 1. The van der Waals surface area contributed by atoms with Gasteiger partial charge in [0.05, 0.1) is 11.3 Å². The number of urea groups is 1. The van der Waals surface area contributed by atoms with Gasteiger partial charge in [-0.25, -0.2) is 9.59 Å². The van der Waals surface area contributed by atoms with E-state index in [0.29, 0.717) is 6.54 Å². The fourth-order valence-electron chi connectivity index (χ4n) is 1.53. The number of amides is 2. The lowest BCUT2D eigenvalue weighted by Gasteiger charge is -2.09. The number of hydrogen-bond acceptors (Lipinski definition) is 4. The molecule has 1 rings (SSSR count). The highest BCUT2D eigenvalue weighted by Gasteiger charge is 2.09. The van der Waals surface area contributed by atoms with Crippen LogP contribution in [0, 0.1) is 0 Å². The summed E-state index contributed by atoms with van der Waals surface area (Å²) in [7, 11) is 0. The van der Waals surface area contributed by atoms with E-state index in [0.717, 1.165) is 25.6 Å². The Morgan fingerprint density at radius 3 is 2.60 bits per heavy atom. The average Bonchev–Trinajstić information content (AvgIpc) is 2.40. The Hall–Kier alpha value is -2.28. The van der Waals surface area contributed by atoms with Gasteiger partial charge in [0, 0.05) is 6.54 Å². The molecule has 0 heterocycles. The molecule has 0 atom stereocenters. The number of rotatable bonds is 7. The number of benzene rings is 1. The zero-order valence-electron chi connectivity index (χ0n) is 11.3.